The lowest BCUT2D eigenvalue weighted by Gasteiger charge is -2.16. The lowest BCUT2D eigenvalue weighted by Crippen LogP contribution is -2.35. The van der Waals surface area contributed by atoms with Crippen LogP contribution in [0.25, 0.3) is 0 Å². The summed E-state index contributed by atoms with van der Waals surface area (Å²) in [7, 11) is 1.77. The Kier molecular flexibility index (Phi) is 5.00. The first-order chi connectivity index (χ1) is 12.0. The number of nitrogens with one attached hydrogen (secondary N) is 1. The minimum absolute atomic E-state index is 0.0385. The maximum atomic E-state index is 12.3. The smallest absolute Gasteiger partial charge is 0.243 e. The molecular weight excluding hydrogens is 326 g/mol. The second-order valence-corrected chi connectivity index (χ2v) is 6.23. The Hall–Kier alpha value is -2.85. The summed E-state index contributed by atoms with van der Waals surface area (Å²) in [5, 5.41) is 22.1. The van der Waals surface area contributed by atoms with E-state index in [9.17, 15) is 9.59 Å². The molecule has 0 saturated carbocycles. The summed E-state index contributed by atoms with van der Waals surface area (Å²) in [6.45, 7) is 3.63. The maximum Gasteiger partial charge on any atom is 0.243 e. The maximum absolute atomic E-state index is 12.3. The summed E-state index contributed by atoms with van der Waals surface area (Å²) < 4.78 is 1.58. The highest BCUT2D eigenvalue weighted by Crippen LogP contribution is 2.16. The fraction of sp³-hybridized carbons (Fsp3) is 0.643. The summed E-state index contributed by atoms with van der Waals surface area (Å²) in [6.07, 6.45) is 2.86. The molecule has 1 aliphatic rings. The molecule has 3 rings (SSSR count). The van der Waals surface area contributed by atoms with E-state index in [0.717, 1.165) is 6.42 Å². The van der Waals surface area contributed by atoms with Gasteiger partial charge in [0, 0.05) is 32.9 Å². The van der Waals surface area contributed by atoms with Gasteiger partial charge in [0.15, 0.2) is 5.82 Å². The zero-order chi connectivity index (χ0) is 17.8. The molecule has 0 aromatic carbocycles. The molecule has 1 atom stereocenters. The van der Waals surface area contributed by atoms with Gasteiger partial charge in [0.05, 0.1) is 12.1 Å². The molecule has 0 aliphatic carbocycles. The van der Waals surface area contributed by atoms with Gasteiger partial charge in [-0.05, 0) is 24.5 Å². The van der Waals surface area contributed by atoms with E-state index in [0.29, 0.717) is 31.2 Å². The number of rotatable bonds is 6. The van der Waals surface area contributed by atoms with Gasteiger partial charge < -0.3 is 10.2 Å². The zero-order valence-electron chi connectivity index (χ0n) is 14.3. The minimum Gasteiger partial charge on any atom is -0.354 e. The van der Waals surface area contributed by atoms with Gasteiger partial charge in [0.25, 0.3) is 0 Å². The van der Waals surface area contributed by atoms with E-state index in [1.807, 2.05) is 4.90 Å². The van der Waals surface area contributed by atoms with Crippen molar-refractivity contribution in [2.24, 2.45) is 13.0 Å². The second kappa shape index (κ2) is 7.36. The van der Waals surface area contributed by atoms with E-state index in [1.54, 1.807) is 24.9 Å². The lowest BCUT2D eigenvalue weighted by atomic mass is 10.1. The van der Waals surface area contributed by atoms with Crippen molar-refractivity contribution in [3.05, 3.63) is 17.7 Å². The SMILES string of the molecule is Cc1nnn(CC(=O)NCC2CCN(C(=O)Cc3cn(C)nn3)C2)n1. The average molecular weight is 347 g/mol. The van der Waals surface area contributed by atoms with Crippen molar-refractivity contribution in [2.45, 2.75) is 26.3 Å². The van der Waals surface area contributed by atoms with Crippen molar-refractivity contribution in [1.29, 1.82) is 0 Å². The first-order valence-corrected chi connectivity index (χ1v) is 8.13. The summed E-state index contributed by atoms with van der Waals surface area (Å²) in [4.78, 5) is 27.3. The molecule has 2 aromatic heterocycles. The van der Waals surface area contributed by atoms with E-state index in [4.69, 9.17) is 0 Å². The zero-order valence-corrected chi connectivity index (χ0v) is 14.3. The third-order valence-corrected chi connectivity index (χ3v) is 4.05. The van der Waals surface area contributed by atoms with Gasteiger partial charge in [0.1, 0.15) is 6.54 Å². The number of amides is 2. The minimum atomic E-state index is -0.165. The Balaban J connectivity index is 1.40. The van der Waals surface area contributed by atoms with Crippen molar-refractivity contribution in [1.82, 2.24) is 45.4 Å². The summed E-state index contributed by atoms with van der Waals surface area (Å²) in [6, 6.07) is 0. The Bertz CT molecular complexity index is 753. The van der Waals surface area contributed by atoms with E-state index >= 15 is 0 Å². The molecule has 0 radical (unpaired) electrons. The number of hydrogen-bond donors (Lipinski definition) is 1. The molecule has 3 heterocycles. The Labute approximate surface area is 144 Å². The molecule has 134 valence electrons. The van der Waals surface area contributed by atoms with Crippen LogP contribution in [0.4, 0.5) is 0 Å². The van der Waals surface area contributed by atoms with Crippen LogP contribution in [-0.4, -0.2) is 71.5 Å². The molecule has 11 nitrogen and oxygen atoms in total. The second-order valence-electron chi connectivity index (χ2n) is 6.23. The first kappa shape index (κ1) is 17.0. The third kappa shape index (κ3) is 4.58. The molecule has 2 amide bonds. The molecule has 11 heteroatoms. The molecular formula is C14H21N9O2. The quantitative estimate of drug-likeness (QED) is 0.662. The number of nitrogens with zero attached hydrogens (tertiary/aromatic N) is 8. The van der Waals surface area contributed by atoms with Crippen molar-refractivity contribution in [2.75, 3.05) is 19.6 Å². The summed E-state index contributed by atoms with van der Waals surface area (Å²) >= 11 is 0. The van der Waals surface area contributed by atoms with Gasteiger partial charge in [-0.25, -0.2) is 0 Å². The fourth-order valence-electron chi connectivity index (χ4n) is 2.80. The van der Waals surface area contributed by atoms with Crippen LogP contribution in [0, 0.1) is 12.8 Å². The van der Waals surface area contributed by atoms with Crippen molar-refractivity contribution in [3.63, 3.8) is 0 Å². The first-order valence-electron chi connectivity index (χ1n) is 8.13. The van der Waals surface area contributed by atoms with E-state index in [2.05, 4.69) is 31.0 Å². The van der Waals surface area contributed by atoms with E-state index in [-0.39, 0.29) is 30.7 Å². The topological polar surface area (TPSA) is 124 Å². The molecule has 1 unspecified atom stereocenters. The molecule has 0 spiro atoms. The van der Waals surface area contributed by atoms with Crippen LogP contribution < -0.4 is 5.32 Å². The van der Waals surface area contributed by atoms with Gasteiger partial charge in [0.2, 0.25) is 11.8 Å². The molecule has 1 aliphatic heterocycles. The van der Waals surface area contributed by atoms with Crippen LogP contribution >= 0.6 is 0 Å². The van der Waals surface area contributed by atoms with Gasteiger partial charge in [-0.3, -0.25) is 14.3 Å². The standard InChI is InChI=1S/C14H21N9O2/c1-10-16-20-23(18-10)9-13(24)15-6-11-3-4-22(7-11)14(25)5-12-8-21(2)19-17-12/h8,11H,3-7,9H2,1-2H3,(H,15,24). The molecule has 2 aromatic rings. The largest absolute Gasteiger partial charge is 0.354 e. The Morgan fingerprint density at radius 3 is 2.84 bits per heavy atom. The number of carbonyl (C=O) groups is 2. The predicted octanol–water partition coefficient (Wildman–Crippen LogP) is -1.68. The van der Waals surface area contributed by atoms with Crippen LogP contribution in [0.3, 0.4) is 0 Å². The van der Waals surface area contributed by atoms with Gasteiger partial charge in [-0.15, -0.1) is 15.3 Å². The molecule has 1 N–H and O–H groups in total. The molecule has 0 bridgehead atoms. The number of likely N-dealkylation sites (tertiary alicyclic amines) is 1. The molecule has 1 fully saturated rings. The number of aromatic nitrogens is 7. The third-order valence-electron chi connectivity index (χ3n) is 4.05. The number of hydrogen-bond acceptors (Lipinski definition) is 7. The molecule has 1 saturated heterocycles. The fourth-order valence-corrected chi connectivity index (χ4v) is 2.80. The van der Waals surface area contributed by atoms with E-state index < -0.39 is 0 Å². The van der Waals surface area contributed by atoms with Crippen LogP contribution in [0.5, 0.6) is 0 Å². The Morgan fingerprint density at radius 1 is 1.32 bits per heavy atom. The van der Waals surface area contributed by atoms with Crippen molar-refractivity contribution >= 4 is 11.8 Å². The average Bonchev–Trinajstić information content (AvgIpc) is 3.28. The molecule has 25 heavy (non-hydrogen) atoms. The summed E-state index contributed by atoms with van der Waals surface area (Å²) in [5.41, 5.74) is 0.667. The van der Waals surface area contributed by atoms with Crippen molar-refractivity contribution in [3.8, 4) is 0 Å². The highest BCUT2D eigenvalue weighted by atomic mass is 16.2. The van der Waals surface area contributed by atoms with Gasteiger partial charge >= 0.3 is 0 Å². The van der Waals surface area contributed by atoms with Gasteiger partial charge in [-0.1, -0.05) is 5.21 Å². The van der Waals surface area contributed by atoms with Crippen LogP contribution in [-0.2, 0) is 29.6 Å². The highest BCUT2D eigenvalue weighted by Gasteiger charge is 2.27. The number of tetrazole rings is 1. The van der Waals surface area contributed by atoms with Crippen LogP contribution in [0.1, 0.15) is 17.9 Å². The normalized spacial score (nSPS) is 17.0. The highest BCUT2D eigenvalue weighted by molar-refractivity contribution is 5.78. The predicted molar refractivity (Wildman–Crippen MR) is 85.0 cm³/mol. The Morgan fingerprint density at radius 2 is 2.16 bits per heavy atom. The number of aryl methyl sites for hydroxylation is 2. The number of carbonyl (C=O) groups excluding carboxylic acids is 2. The van der Waals surface area contributed by atoms with Gasteiger partial charge in [-0.2, -0.15) is 4.80 Å². The lowest BCUT2D eigenvalue weighted by molar-refractivity contribution is -0.129. The monoisotopic (exact) mass is 347 g/mol. The summed E-state index contributed by atoms with van der Waals surface area (Å²) in [5.74, 6) is 0.652. The van der Waals surface area contributed by atoms with E-state index in [1.165, 1.54) is 4.80 Å². The van der Waals surface area contributed by atoms with Crippen LogP contribution in [0.15, 0.2) is 6.20 Å². The van der Waals surface area contributed by atoms with Crippen molar-refractivity contribution < 1.29 is 9.59 Å². The van der Waals surface area contributed by atoms with Crippen LogP contribution in [0.2, 0.25) is 0 Å².